The third-order valence-electron chi connectivity index (χ3n) is 3.30. The van der Waals surface area contributed by atoms with Crippen LogP contribution in [0, 0.1) is 5.92 Å². The van der Waals surface area contributed by atoms with Crippen molar-refractivity contribution in [2.75, 3.05) is 25.2 Å². The molecule has 0 amide bonds. The molecule has 0 aliphatic heterocycles. The Morgan fingerprint density at radius 3 is 2.76 bits per heavy atom. The van der Waals surface area contributed by atoms with Crippen molar-refractivity contribution in [3.8, 4) is 0 Å². The van der Waals surface area contributed by atoms with Crippen LogP contribution in [0.15, 0.2) is 0 Å². The van der Waals surface area contributed by atoms with Gasteiger partial charge in [-0.2, -0.15) is 11.8 Å². The van der Waals surface area contributed by atoms with E-state index < -0.39 is 0 Å². The molecule has 1 aliphatic rings. The normalized spacial score (nSPS) is 18.2. The van der Waals surface area contributed by atoms with E-state index in [-0.39, 0.29) is 12.0 Å². The van der Waals surface area contributed by atoms with Crippen LogP contribution in [0.3, 0.4) is 0 Å². The van der Waals surface area contributed by atoms with Crippen molar-refractivity contribution in [2.45, 2.75) is 45.1 Å². The molecule has 100 valence electrons. The Bertz CT molecular complexity index is 217. The molecule has 0 aromatic heterocycles. The summed E-state index contributed by atoms with van der Waals surface area (Å²) in [4.78, 5) is 11.5. The molecule has 1 aliphatic carbocycles. The minimum Gasteiger partial charge on any atom is -0.465 e. The van der Waals surface area contributed by atoms with Gasteiger partial charge >= 0.3 is 5.97 Å². The number of likely N-dealkylation sites (N-methyl/N-ethyl adjacent to an activating group) is 1. The Hall–Kier alpha value is -0.220. The van der Waals surface area contributed by atoms with Gasteiger partial charge in [0.1, 0.15) is 6.04 Å². The van der Waals surface area contributed by atoms with Crippen LogP contribution in [0.1, 0.15) is 39.0 Å². The standard InChI is InChI=1S/C13H25NO2S/c1-3-16-13(15)12(14-2)8-9-17-10-11-6-4-5-7-11/h11-12,14H,3-10H2,1-2H3. The van der Waals surface area contributed by atoms with Gasteiger partial charge in [-0.3, -0.25) is 4.79 Å². The van der Waals surface area contributed by atoms with Gasteiger partial charge < -0.3 is 10.1 Å². The van der Waals surface area contributed by atoms with E-state index in [2.05, 4.69) is 5.32 Å². The lowest BCUT2D eigenvalue weighted by atomic mass is 10.1. The van der Waals surface area contributed by atoms with Crippen LogP contribution in [-0.2, 0) is 9.53 Å². The number of nitrogens with one attached hydrogen (secondary N) is 1. The average molecular weight is 259 g/mol. The first kappa shape index (κ1) is 14.8. The van der Waals surface area contributed by atoms with Crippen molar-refractivity contribution < 1.29 is 9.53 Å². The molecule has 0 aromatic rings. The number of thioether (sulfide) groups is 1. The molecule has 0 bridgehead atoms. The van der Waals surface area contributed by atoms with Crippen molar-refractivity contribution in [1.82, 2.24) is 5.32 Å². The summed E-state index contributed by atoms with van der Waals surface area (Å²) in [6.45, 7) is 2.31. The van der Waals surface area contributed by atoms with Gasteiger partial charge in [0.2, 0.25) is 0 Å². The number of esters is 1. The second-order valence-corrected chi connectivity index (χ2v) is 5.76. The van der Waals surface area contributed by atoms with E-state index in [0.717, 1.165) is 18.1 Å². The summed E-state index contributed by atoms with van der Waals surface area (Å²) in [7, 11) is 1.82. The first-order valence-corrected chi connectivity index (χ1v) is 7.85. The molecular weight excluding hydrogens is 234 g/mol. The van der Waals surface area contributed by atoms with E-state index in [9.17, 15) is 4.79 Å². The zero-order valence-corrected chi connectivity index (χ0v) is 11.9. The zero-order chi connectivity index (χ0) is 12.5. The summed E-state index contributed by atoms with van der Waals surface area (Å²) >= 11 is 1.98. The van der Waals surface area contributed by atoms with E-state index in [1.165, 1.54) is 31.4 Å². The first-order chi connectivity index (χ1) is 8.27. The molecule has 1 atom stereocenters. The minimum absolute atomic E-state index is 0.114. The van der Waals surface area contributed by atoms with E-state index in [4.69, 9.17) is 4.74 Å². The highest BCUT2D eigenvalue weighted by atomic mass is 32.2. The van der Waals surface area contributed by atoms with E-state index >= 15 is 0 Å². The molecule has 1 fully saturated rings. The van der Waals surface area contributed by atoms with E-state index in [1.807, 2.05) is 25.7 Å². The lowest BCUT2D eigenvalue weighted by Crippen LogP contribution is -2.36. The van der Waals surface area contributed by atoms with Crippen LogP contribution in [0.2, 0.25) is 0 Å². The third-order valence-corrected chi connectivity index (χ3v) is 4.53. The molecule has 1 rings (SSSR count). The Morgan fingerprint density at radius 2 is 2.18 bits per heavy atom. The van der Waals surface area contributed by atoms with Crippen molar-refractivity contribution in [3.63, 3.8) is 0 Å². The van der Waals surface area contributed by atoms with Gasteiger partial charge in [-0.15, -0.1) is 0 Å². The molecule has 0 aromatic carbocycles. The zero-order valence-electron chi connectivity index (χ0n) is 11.0. The summed E-state index contributed by atoms with van der Waals surface area (Å²) < 4.78 is 5.01. The molecular formula is C13H25NO2S. The topological polar surface area (TPSA) is 38.3 Å². The quantitative estimate of drug-likeness (QED) is 0.537. The molecule has 0 heterocycles. The number of carbonyl (C=O) groups excluding carboxylic acids is 1. The molecule has 1 unspecified atom stereocenters. The molecule has 3 nitrogen and oxygen atoms in total. The van der Waals surface area contributed by atoms with Crippen LogP contribution in [0.5, 0.6) is 0 Å². The summed E-state index contributed by atoms with van der Waals surface area (Å²) in [6.07, 6.45) is 6.49. The van der Waals surface area contributed by atoms with Crippen molar-refractivity contribution in [3.05, 3.63) is 0 Å². The lowest BCUT2D eigenvalue weighted by Gasteiger charge is -2.15. The fourth-order valence-corrected chi connectivity index (χ4v) is 3.49. The lowest BCUT2D eigenvalue weighted by molar-refractivity contribution is -0.145. The fourth-order valence-electron chi connectivity index (χ4n) is 2.25. The largest absolute Gasteiger partial charge is 0.465 e. The Labute approximate surface area is 109 Å². The molecule has 0 spiro atoms. The number of rotatable bonds is 8. The number of hydrogen-bond donors (Lipinski definition) is 1. The predicted octanol–water partition coefficient (Wildman–Crippen LogP) is 2.45. The highest BCUT2D eigenvalue weighted by Gasteiger charge is 2.18. The maximum absolute atomic E-state index is 11.5. The number of ether oxygens (including phenoxy) is 1. The van der Waals surface area contributed by atoms with Gasteiger partial charge in [-0.1, -0.05) is 12.8 Å². The molecule has 1 N–H and O–H groups in total. The highest BCUT2D eigenvalue weighted by Crippen LogP contribution is 2.28. The van der Waals surface area contributed by atoms with Crippen molar-refractivity contribution in [1.29, 1.82) is 0 Å². The van der Waals surface area contributed by atoms with Crippen molar-refractivity contribution >= 4 is 17.7 Å². The molecule has 0 radical (unpaired) electrons. The summed E-state index contributed by atoms with van der Waals surface area (Å²) in [5.74, 6) is 3.12. The fraction of sp³-hybridized carbons (Fsp3) is 0.923. The predicted molar refractivity (Wildman–Crippen MR) is 73.4 cm³/mol. The van der Waals surface area contributed by atoms with Crippen LogP contribution in [0.4, 0.5) is 0 Å². The molecule has 4 heteroatoms. The van der Waals surface area contributed by atoms with Crippen molar-refractivity contribution in [2.24, 2.45) is 5.92 Å². The Balaban J connectivity index is 2.08. The van der Waals surface area contributed by atoms with Crippen LogP contribution >= 0.6 is 11.8 Å². The maximum Gasteiger partial charge on any atom is 0.323 e. The average Bonchev–Trinajstić information content (AvgIpc) is 2.82. The summed E-state index contributed by atoms with van der Waals surface area (Å²) in [5, 5.41) is 3.03. The van der Waals surface area contributed by atoms with E-state index in [0.29, 0.717) is 6.61 Å². The van der Waals surface area contributed by atoms with Gasteiger partial charge in [-0.05, 0) is 50.7 Å². The number of hydrogen-bond acceptors (Lipinski definition) is 4. The van der Waals surface area contributed by atoms with Gasteiger partial charge in [0.25, 0.3) is 0 Å². The second-order valence-electron chi connectivity index (χ2n) is 4.61. The van der Waals surface area contributed by atoms with Gasteiger partial charge in [-0.25, -0.2) is 0 Å². The molecule has 0 saturated heterocycles. The Morgan fingerprint density at radius 1 is 1.47 bits per heavy atom. The second kappa shape index (κ2) is 8.81. The molecule has 17 heavy (non-hydrogen) atoms. The van der Waals surface area contributed by atoms with Gasteiger partial charge in [0.05, 0.1) is 6.61 Å². The van der Waals surface area contributed by atoms with Gasteiger partial charge in [0, 0.05) is 0 Å². The van der Waals surface area contributed by atoms with Crippen LogP contribution in [0.25, 0.3) is 0 Å². The summed E-state index contributed by atoms with van der Waals surface area (Å²) in [5.41, 5.74) is 0. The Kier molecular flexibility index (Phi) is 7.69. The smallest absolute Gasteiger partial charge is 0.323 e. The SMILES string of the molecule is CCOC(=O)C(CCSCC1CCCC1)NC. The van der Waals surface area contributed by atoms with Crippen LogP contribution < -0.4 is 5.32 Å². The third kappa shape index (κ3) is 5.77. The number of carbonyl (C=O) groups is 1. The minimum atomic E-state index is -0.133. The molecule has 1 saturated carbocycles. The maximum atomic E-state index is 11.5. The van der Waals surface area contributed by atoms with Gasteiger partial charge in [0.15, 0.2) is 0 Å². The highest BCUT2D eigenvalue weighted by molar-refractivity contribution is 7.99. The van der Waals surface area contributed by atoms with E-state index in [1.54, 1.807) is 0 Å². The van der Waals surface area contributed by atoms with Crippen LogP contribution in [-0.4, -0.2) is 37.2 Å². The first-order valence-electron chi connectivity index (χ1n) is 6.69. The summed E-state index contributed by atoms with van der Waals surface area (Å²) in [6, 6.07) is -0.133. The monoisotopic (exact) mass is 259 g/mol.